The van der Waals surface area contributed by atoms with Crippen molar-refractivity contribution in [2.75, 3.05) is 13.2 Å². The summed E-state index contributed by atoms with van der Waals surface area (Å²) in [4.78, 5) is 38.1. The predicted octanol–water partition coefficient (Wildman–Crippen LogP) is 18.5. The van der Waals surface area contributed by atoms with Crippen molar-refractivity contribution < 1.29 is 28.6 Å². The Balaban J connectivity index is 4.39. The van der Waals surface area contributed by atoms with Gasteiger partial charge in [0, 0.05) is 19.3 Å². The molecule has 1 unspecified atom stereocenters. The maximum absolute atomic E-state index is 12.8. The maximum atomic E-state index is 12.8. The summed E-state index contributed by atoms with van der Waals surface area (Å²) in [5.41, 5.74) is 0. The Morgan fingerprint density at radius 1 is 0.312 bits per heavy atom. The van der Waals surface area contributed by atoms with Gasteiger partial charge in [-0.3, -0.25) is 14.4 Å². The van der Waals surface area contributed by atoms with Crippen LogP contribution in [0.15, 0.2) is 36.5 Å². The SMILES string of the molecule is CCCCCC/C=C\CCCCCCCCCC(=O)OC(COC(=O)CCCCC/C=C\C=C/CCCCCCCCC)COC(=O)CCCCCCCCCCCCCCCCC. The van der Waals surface area contributed by atoms with E-state index in [1.165, 1.54) is 186 Å². The molecule has 0 fully saturated rings. The molecular weight excluding hydrogens is 793 g/mol. The van der Waals surface area contributed by atoms with Gasteiger partial charge in [0.25, 0.3) is 0 Å². The van der Waals surface area contributed by atoms with Gasteiger partial charge in [0.1, 0.15) is 13.2 Å². The molecule has 0 saturated carbocycles. The monoisotopic (exact) mass is 899 g/mol. The van der Waals surface area contributed by atoms with E-state index in [9.17, 15) is 14.4 Å². The molecule has 0 radical (unpaired) electrons. The third-order valence-corrected chi connectivity index (χ3v) is 12.4. The van der Waals surface area contributed by atoms with Gasteiger partial charge in [0.2, 0.25) is 0 Å². The summed E-state index contributed by atoms with van der Waals surface area (Å²) in [6.45, 7) is 6.63. The molecule has 0 rings (SSSR count). The van der Waals surface area contributed by atoms with Crippen molar-refractivity contribution >= 4 is 17.9 Å². The molecule has 0 aromatic heterocycles. The van der Waals surface area contributed by atoms with Crippen LogP contribution in [0.3, 0.4) is 0 Å². The Morgan fingerprint density at radius 3 is 0.906 bits per heavy atom. The summed E-state index contributed by atoms with van der Waals surface area (Å²) in [6.07, 6.45) is 62.7. The van der Waals surface area contributed by atoms with Crippen LogP contribution in [0.5, 0.6) is 0 Å². The van der Waals surface area contributed by atoms with Crippen LogP contribution in [0, 0.1) is 0 Å². The lowest BCUT2D eigenvalue weighted by Gasteiger charge is -2.18. The number of hydrogen-bond acceptors (Lipinski definition) is 6. The zero-order chi connectivity index (χ0) is 46.5. The van der Waals surface area contributed by atoms with Gasteiger partial charge in [-0.15, -0.1) is 0 Å². The molecule has 6 nitrogen and oxygen atoms in total. The smallest absolute Gasteiger partial charge is 0.306 e. The molecule has 0 aliphatic rings. The second kappa shape index (κ2) is 53.2. The first-order valence-electron chi connectivity index (χ1n) is 28.0. The molecule has 0 saturated heterocycles. The molecule has 0 aromatic rings. The number of esters is 3. The largest absolute Gasteiger partial charge is 0.462 e. The molecule has 0 heterocycles. The topological polar surface area (TPSA) is 78.9 Å². The minimum absolute atomic E-state index is 0.0789. The summed E-state index contributed by atoms with van der Waals surface area (Å²) < 4.78 is 16.8. The minimum atomic E-state index is -0.782. The van der Waals surface area contributed by atoms with Crippen molar-refractivity contribution in [3.63, 3.8) is 0 Å². The minimum Gasteiger partial charge on any atom is -0.462 e. The summed E-state index contributed by atoms with van der Waals surface area (Å²) in [7, 11) is 0. The van der Waals surface area contributed by atoms with E-state index in [-0.39, 0.29) is 31.1 Å². The fourth-order valence-corrected chi connectivity index (χ4v) is 8.14. The molecule has 64 heavy (non-hydrogen) atoms. The fraction of sp³-hybridized carbons (Fsp3) is 0.845. The number of carbonyl (C=O) groups is 3. The third-order valence-electron chi connectivity index (χ3n) is 12.4. The number of unbranched alkanes of at least 4 members (excludes halogenated alkanes) is 35. The van der Waals surface area contributed by atoms with Crippen molar-refractivity contribution in [3.8, 4) is 0 Å². The van der Waals surface area contributed by atoms with Crippen LogP contribution < -0.4 is 0 Å². The van der Waals surface area contributed by atoms with E-state index in [0.29, 0.717) is 19.3 Å². The average molecular weight is 899 g/mol. The Morgan fingerprint density at radius 2 is 0.562 bits per heavy atom. The van der Waals surface area contributed by atoms with Crippen LogP contribution >= 0.6 is 0 Å². The summed E-state index contributed by atoms with van der Waals surface area (Å²) in [5.74, 6) is -0.896. The highest BCUT2D eigenvalue weighted by Crippen LogP contribution is 2.16. The Hall–Kier alpha value is -2.37. The number of allylic oxidation sites excluding steroid dienone is 6. The lowest BCUT2D eigenvalue weighted by molar-refractivity contribution is -0.167. The highest BCUT2D eigenvalue weighted by atomic mass is 16.6. The quantitative estimate of drug-likeness (QED) is 0.0199. The molecule has 0 amide bonds. The zero-order valence-corrected chi connectivity index (χ0v) is 42.8. The third kappa shape index (κ3) is 50.6. The van der Waals surface area contributed by atoms with E-state index in [0.717, 1.165) is 70.6 Å². The highest BCUT2D eigenvalue weighted by molar-refractivity contribution is 5.71. The Kier molecular flexibility index (Phi) is 51.3. The van der Waals surface area contributed by atoms with Crippen molar-refractivity contribution in [3.05, 3.63) is 36.5 Å². The van der Waals surface area contributed by atoms with Gasteiger partial charge in [0.05, 0.1) is 0 Å². The second-order valence-corrected chi connectivity index (χ2v) is 18.9. The van der Waals surface area contributed by atoms with Crippen molar-refractivity contribution in [2.24, 2.45) is 0 Å². The first-order chi connectivity index (χ1) is 31.5. The van der Waals surface area contributed by atoms with E-state index < -0.39 is 6.10 Å². The molecule has 0 aromatic carbocycles. The predicted molar refractivity (Wildman–Crippen MR) is 275 cm³/mol. The molecule has 1 atom stereocenters. The molecule has 0 N–H and O–H groups in total. The van der Waals surface area contributed by atoms with E-state index in [4.69, 9.17) is 14.2 Å². The number of rotatable bonds is 51. The van der Waals surface area contributed by atoms with E-state index in [1.54, 1.807) is 0 Å². The van der Waals surface area contributed by atoms with Crippen molar-refractivity contribution in [1.82, 2.24) is 0 Å². The Bertz CT molecular complexity index is 1080. The first kappa shape index (κ1) is 61.6. The van der Waals surface area contributed by atoms with Gasteiger partial charge in [0.15, 0.2) is 6.10 Å². The van der Waals surface area contributed by atoms with Gasteiger partial charge in [-0.2, -0.15) is 0 Å². The lowest BCUT2D eigenvalue weighted by Crippen LogP contribution is -2.30. The molecule has 0 bridgehead atoms. The first-order valence-corrected chi connectivity index (χ1v) is 28.0. The van der Waals surface area contributed by atoms with Crippen LogP contribution in [0.4, 0.5) is 0 Å². The molecule has 6 heteroatoms. The van der Waals surface area contributed by atoms with E-state index in [1.807, 2.05) is 0 Å². The van der Waals surface area contributed by atoms with Crippen LogP contribution in [0.1, 0.15) is 297 Å². The summed E-state index contributed by atoms with van der Waals surface area (Å²) >= 11 is 0. The fourth-order valence-electron chi connectivity index (χ4n) is 8.14. The second-order valence-electron chi connectivity index (χ2n) is 18.9. The van der Waals surface area contributed by atoms with Gasteiger partial charge in [-0.1, -0.05) is 243 Å². The van der Waals surface area contributed by atoms with Gasteiger partial charge in [-0.05, 0) is 70.6 Å². The van der Waals surface area contributed by atoms with Crippen LogP contribution in [0.2, 0.25) is 0 Å². The van der Waals surface area contributed by atoms with E-state index >= 15 is 0 Å². The van der Waals surface area contributed by atoms with Gasteiger partial charge >= 0.3 is 17.9 Å². The Labute approximate surface area is 397 Å². The molecule has 0 aliphatic heterocycles. The number of carbonyl (C=O) groups excluding carboxylic acids is 3. The maximum Gasteiger partial charge on any atom is 0.306 e. The number of ether oxygens (including phenoxy) is 3. The van der Waals surface area contributed by atoms with Crippen LogP contribution in [-0.4, -0.2) is 37.2 Å². The highest BCUT2D eigenvalue weighted by Gasteiger charge is 2.19. The van der Waals surface area contributed by atoms with Gasteiger partial charge in [-0.25, -0.2) is 0 Å². The van der Waals surface area contributed by atoms with Gasteiger partial charge < -0.3 is 14.2 Å². The summed E-state index contributed by atoms with van der Waals surface area (Å²) in [5, 5.41) is 0. The molecule has 0 spiro atoms. The van der Waals surface area contributed by atoms with Crippen LogP contribution in [-0.2, 0) is 28.6 Å². The standard InChI is InChI=1S/C58H106O6/c1-4-7-10-13-16-19-22-25-28-31-33-36-39-42-45-48-51-57(60)63-54-55(64-58(61)52-49-46-43-40-37-34-30-27-24-21-18-15-12-9-6-3)53-62-56(59)50-47-44-41-38-35-32-29-26-23-20-17-14-11-8-5-2/h21,24,28,31,33,36,55H,4-20,22-23,25-27,29-30,32,34-35,37-54H2,1-3H3/b24-21-,31-28-,36-33-. The zero-order valence-electron chi connectivity index (χ0n) is 42.8. The lowest BCUT2D eigenvalue weighted by atomic mass is 10.0. The summed E-state index contributed by atoms with van der Waals surface area (Å²) in [6, 6.07) is 0. The molecule has 0 aliphatic carbocycles. The normalized spacial score (nSPS) is 12.2. The number of hydrogen-bond donors (Lipinski definition) is 0. The van der Waals surface area contributed by atoms with Crippen molar-refractivity contribution in [2.45, 2.75) is 303 Å². The van der Waals surface area contributed by atoms with Crippen molar-refractivity contribution in [1.29, 1.82) is 0 Å². The molecular formula is C58H106O6. The average Bonchev–Trinajstić information content (AvgIpc) is 3.29. The van der Waals surface area contributed by atoms with Crippen LogP contribution in [0.25, 0.3) is 0 Å². The van der Waals surface area contributed by atoms with E-state index in [2.05, 4.69) is 57.2 Å². The molecule has 374 valence electrons.